The summed E-state index contributed by atoms with van der Waals surface area (Å²) in [6.07, 6.45) is 1.19. The van der Waals surface area contributed by atoms with Crippen LogP contribution in [0.3, 0.4) is 0 Å². The van der Waals surface area contributed by atoms with Crippen molar-refractivity contribution in [2.24, 2.45) is 5.92 Å². The Kier molecular flexibility index (Phi) is 5.22. The molecule has 90 valence electrons. The maximum atomic E-state index is 11.8. The minimum Gasteiger partial charge on any atom is -0.494 e. The lowest BCUT2D eigenvalue weighted by Gasteiger charge is -2.07. The molecule has 0 bridgehead atoms. The van der Waals surface area contributed by atoms with E-state index < -0.39 is 0 Å². The molecule has 0 heterocycles. The predicted molar refractivity (Wildman–Crippen MR) is 66.0 cm³/mol. The van der Waals surface area contributed by atoms with Crippen LogP contribution in [0.4, 0.5) is 0 Å². The smallest absolute Gasteiger partial charge is 0.164 e. The molecule has 3 nitrogen and oxygen atoms in total. The van der Waals surface area contributed by atoms with Crippen LogP contribution in [0.15, 0.2) is 24.3 Å². The molecule has 0 radical (unpaired) electrons. The second-order valence-corrected chi connectivity index (χ2v) is 4.03. The van der Waals surface area contributed by atoms with Crippen molar-refractivity contribution in [2.75, 3.05) is 6.61 Å². The molecule has 0 saturated carbocycles. The van der Waals surface area contributed by atoms with Crippen molar-refractivity contribution < 1.29 is 9.53 Å². The highest BCUT2D eigenvalue weighted by Gasteiger charge is 2.11. The molecular formula is C14H17NO2. The zero-order chi connectivity index (χ0) is 12.7. The third kappa shape index (κ3) is 4.28. The van der Waals surface area contributed by atoms with E-state index in [-0.39, 0.29) is 18.1 Å². The molecule has 0 aliphatic rings. The number of hydrogen-bond donors (Lipinski definition) is 0. The van der Waals surface area contributed by atoms with Crippen LogP contribution in [-0.2, 0) is 0 Å². The van der Waals surface area contributed by atoms with Crippen molar-refractivity contribution in [3.8, 4) is 11.8 Å². The van der Waals surface area contributed by atoms with Crippen LogP contribution in [-0.4, -0.2) is 12.4 Å². The van der Waals surface area contributed by atoms with E-state index in [1.54, 1.807) is 25.1 Å². The molecule has 1 unspecified atom stereocenters. The monoisotopic (exact) mass is 231 g/mol. The molecule has 0 saturated heterocycles. The summed E-state index contributed by atoms with van der Waals surface area (Å²) in [7, 11) is 0. The number of ketones is 1. The molecule has 0 aliphatic heterocycles. The zero-order valence-electron chi connectivity index (χ0n) is 10.3. The maximum absolute atomic E-state index is 11.8. The minimum atomic E-state index is -0.247. The largest absolute Gasteiger partial charge is 0.494 e. The molecule has 1 rings (SSSR count). The lowest BCUT2D eigenvalue weighted by molar-refractivity contribution is 0.0972. The first-order valence-corrected chi connectivity index (χ1v) is 5.83. The van der Waals surface area contributed by atoms with E-state index in [2.05, 4.69) is 6.07 Å². The second kappa shape index (κ2) is 6.70. The summed E-state index contributed by atoms with van der Waals surface area (Å²) in [5.74, 6) is 0.450. The summed E-state index contributed by atoms with van der Waals surface area (Å²) in [5.41, 5.74) is 0.612. The van der Waals surface area contributed by atoms with Crippen molar-refractivity contribution in [3.05, 3.63) is 29.8 Å². The summed E-state index contributed by atoms with van der Waals surface area (Å²) >= 11 is 0. The summed E-state index contributed by atoms with van der Waals surface area (Å²) in [5, 5.41) is 8.67. The van der Waals surface area contributed by atoms with Crippen LogP contribution in [0.5, 0.6) is 5.75 Å². The van der Waals surface area contributed by atoms with E-state index in [4.69, 9.17) is 10.00 Å². The fourth-order valence-corrected chi connectivity index (χ4v) is 1.42. The van der Waals surface area contributed by atoms with Crippen molar-refractivity contribution in [2.45, 2.75) is 26.7 Å². The highest BCUT2D eigenvalue weighted by atomic mass is 16.5. The van der Waals surface area contributed by atoms with Gasteiger partial charge in [-0.1, -0.05) is 19.1 Å². The van der Waals surface area contributed by atoms with Gasteiger partial charge in [0.25, 0.3) is 0 Å². The lowest BCUT2D eigenvalue weighted by Crippen LogP contribution is -2.05. The van der Waals surface area contributed by atoms with Gasteiger partial charge in [-0.25, -0.2) is 0 Å². The average Bonchev–Trinajstić information content (AvgIpc) is 2.36. The van der Waals surface area contributed by atoms with Gasteiger partial charge in [0.05, 0.1) is 18.6 Å². The Bertz CT molecular complexity index is 420. The molecule has 0 aromatic heterocycles. The highest BCUT2D eigenvalue weighted by molar-refractivity contribution is 5.96. The molecule has 0 spiro atoms. The highest BCUT2D eigenvalue weighted by Crippen LogP contribution is 2.16. The number of ether oxygens (including phenoxy) is 1. The number of carbonyl (C=O) groups excluding carboxylic acids is 1. The fourth-order valence-electron chi connectivity index (χ4n) is 1.42. The third-order valence-electron chi connectivity index (χ3n) is 2.34. The Labute approximate surface area is 102 Å². The van der Waals surface area contributed by atoms with Gasteiger partial charge < -0.3 is 4.74 Å². The van der Waals surface area contributed by atoms with Gasteiger partial charge in [0.15, 0.2) is 5.78 Å². The maximum Gasteiger partial charge on any atom is 0.164 e. The van der Waals surface area contributed by atoms with E-state index >= 15 is 0 Å². The third-order valence-corrected chi connectivity index (χ3v) is 2.34. The van der Waals surface area contributed by atoms with Gasteiger partial charge in [0, 0.05) is 12.0 Å². The lowest BCUT2D eigenvalue weighted by atomic mass is 10.0. The molecular weight excluding hydrogens is 214 g/mol. The first-order chi connectivity index (χ1) is 8.17. The molecule has 1 aromatic rings. The van der Waals surface area contributed by atoms with Crippen LogP contribution < -0.4 is 4.74 Å². The summed E-state index contributed by atoms with van der Waals surface area (Å²) < 4.78 is 5.46. The van der Waals surface area contributed by atoms with Crippen LogP contribution in [0.2, 0.25) is 0 Å². The summed E-state index contributed by atoms with van der Waals surface area (Å²) in [6, 6.07) is 9.19. The van der Waals surface area contributed by atoms with E-state index in [0.29, 0.717) is 17.9 Å². The normalized spacial score (nSPS) is 11.6. The Morgan fingerprint density at radius 3 is 2.94 bits per heavy atom. The number of nitriles is 1. The van der Waals surface area contributed by atoms with Gasteiger partial charge in [-0.15, -0.1) is 0 Å². The average molecular weight is 231 g/mol. The van der Waals surface area contributed by atoms with E-state index in [1.165, 1.54) is 0 Å². The Balaban J connectivity index is 2.71. The van der Waals surface area contributed by atoms with Crippen LogP contribution in [0.1, 0.15) is 37.0 Å². The Hall–Kier alpha value is -1.82. The first kappa shape index (κ1) is 13.2. The molecule has 3 heteroatoms. The Morgan fingerprint density at radius 2 is 2.29 bits per heavy atom. The number of hydrogen-bond acceptors (Lipinski definition) is 3. The van der Waals surface area contributed by atoms with Crippen LogP contribution in [0.25, 0.3) is 0 Å². The minimum absolute atomic E-state index is 0.0130. The van der Waals surface area contributed by atoms with Crippen LogP contribution >= 0.6 is 0 Å². The van der Waals surface area contributed by atoms with Crippen molar-refractivity contribution in [1.82, 2.24) is 0 Å². The van der Waals surface area contributed by atoms with Gasteiger partial charge >= 0.3 is 0 Å². The second-order valence-electron chi connectivity index (χ2n) is 4.03. The number of rotatable bonds is 6. The molecule has 0 amide bonds. The molecule has 17 heavy (non-hydrogen) atoms. The molecule has 0 aliphatic carbocycles. The predicted octanol–water partition coefficient (Wildman–Crippen LogP) is 3.21. The van der Waals surface area contributed by atoms with Gasteiger partial charge in [0.2, 0.25) is 0 Å². The first-order valence-electron chi connectivity index (χ1n) is 5.83. The van der Waals surface area contributed by atoms with Gasteiger partial charge in [-0.3, -0.25) is 4.79 Å². The van der Waals surface area contributed by atoms with E-state index in [9.17, 15) is 4.79 Å². The number of carbonyl (C=O) groups is 1. The van der Waals surface area contributed by atoms with Crippen molar-refractivity contribution in [1.29, 1.82) is 5.26 Å². The number of Topliss-reactive ketones (excluding diaryl/α,β-unsaturated/α-hetero) is 1. The Morgan fingerprint density at radius 1 is 1.53 bits per heavy atom. The standard InChI is InChI=1S/C14H17NO2/c1-3-7-17-13-6-4-5-12(9-13)14(16)8-11(2)10-15/h4-6,9,11H,3,7-8H2,1-2H3. The summed E-state index contributed by atoms with van der Waals surface area (Å²) in [4.78, 5) is 11.8. The molecule has 0 fully saturated rings. The molecule has 0 N–H and O–H groups in total. The zero-order valence-corrected chi connectivity index (χ0v) is 10.3. The van der Waals surface area contributed by atoms with Gasteiger partial charge in [-0.2, -0.15) is 5.26 Å². The molecule has 1 aromatic carbocycles. The van der Waals surface area contributed by atoms with Crippen molar-refractivity contribution >= 4 is 5.78 Å². The van der Waals surface area contributed by atoms with E-state index in [1.807, 2.05) is 13.0 Å². The number of benzene rings is 1. The van der Waals surface area contributed by atoms with E-state index in [0.717, 1.165) is 6.42 Å². The molecule has 1 atom stereocenters. The van der Waals surface area contributed by atoms with Crippen LogP contribution in [0, 0.1) is 17.2 Å². The summed E-state index contributed by atoms with van der Waals surface area (Å²) in [6.45, 7) is 4.42. The number of nitrogens with zero attached hydrogens (tertiary/aromatic N) is 1. The SMILES string of the molecule is CCCOc1cccc(C(=O)CC(C)C#N)c1. The van der Waals surface area contributed by atoms with Gasteiger partial charge in [-0.05, 0) is 25.5 Å². The van der Waals surface area contributed by atoms with Gasteiger partial charge in [0.1, 0.15) is 5.75 Å². The van der Waals surface area contributed by atoms with Crippen molar-refractivity contribution in [3.63, 3.8) is 0 Å². The fraction of sp³-hybridized carbons (Fsp3) is 0.429. The topological polar surface area (TPSA) is 50.1 Å². The quantitative estimate of drug-likeness (QED) is 0.706.